The van der Waals surface area contributed by atoms with Crippen LogP contribution in [0.25, 0.3) is 0 Å². The van der Waals surface area contributed by atoms with Crippen LogP contribution >= 0.6 is 11.8 Å². The average molecular weight is 186 g/mol. The number of ketones is 1. The fourth-order valence-electron chi connectivity index (χ4n) is 1.96. The van der Waals surface area contributed by atoms with Gasteiger partial charge in [-0.1, -0.05) is 0 Å². The average Bonchev–Trinajstić information content (AvgIpc) is 2.05. The molecule has 2 aliphatic rings. The van der Waals surface area contributed by atoms with Gasteiger partial charge in [0.05, 0.1) is 6.61 Å². The van der Waals surface area contributed by atoms with Gasteiger partial charge in [-0.3, -0.25) is 4.79 Å². The van der Waals surface area contributed by atoms with E-state index in [0.717, 1.165) is 38.2 Å². The van der Waals surface area contributed by atoms with E-state index in [2.05, 4.69) is 0 Å². The molecule has 0 radical (unpaired) electrons. The molecule has 0 aromatic rings. The molecule has 1 unspecified atom stereocenters. The summed E-state index contributed by atoms with van der Waals surface area (Å²) in [5.74, 6) is 1.43. The molecule has 2 nitrogen and oxygen atoms in total. The molecule has 0 aromatic carbocycles. The third-order valence-corrected chi connectivity index (χ3v) is 4.08. The normalized spacial score (nSPS) is 37.2. The lowest BCUT2D eigenvalue weighted by molar-refractivity contribution is -0.120. The zero-order chi connectivity index (χ0) is 8.44. The summed E-state index contributed by atoms with van der Waals surface area (Å²) in [7, 11) is 0. The van der Waals surface area contributed by atoms with Crippen LogP contribution in [0.2, 0.25) is 0 Å². The Balaban J connectivity index is 2.02. The maximum atomic E-state index is 11.3. The minimum Gasteiger partial charge on any atom is -0.380 e. The predicted molar refractivity (Wildman–Crippen MR) is 49.5 cm³/mol. The highest BCUT2D eigenvalue weighted by Gasteiger charge is 2.38. The van der Waals surface area contributed by atoms with Gasteiger partial charge in [0.25, 0.3) is 0 Å². The number of rotatable bonds is 0. The second-order valence-electron chi connectivity index (χ2n) is 3.65. The monoisotopic (exact) mass is 186 g/mol. The molecule has 0 saturated carbocycles. The summed E-state index contributed by atoms with van der Waals surface area (Å²) >= 11 is 1.94. The van der Waals surface area contributed by atoms with Gasteiger partial charge < -0.3 is 4.74 Å². The van der Waals surface area contributed by atoms with E-state index in [1.807, 2.05) is 11.8 Å². The molecule has 2 heterocycles. The summed E-state index contributed by atoms with van der Waals surface area (Å²) in [6.07, 6.45) is 3.81. The highest BCUT2D eigenvalue weighted by molar-refractivity contribution is 8.00. The first-order valence-electron chi connectivity index (χ1n) is 4.54. The Morgan fingerprint density at radius 3 is 3.08 bits per heavy atom. The van der Waals surface area contributed by atoms with E-state index in [4.69, 9.17) is 4.74 Å². The van der Waals surface area contributed by atoms with Crippen molar-refractivity contribution in [2.24, 2.45) is 0 Å². The molecule has 68 valence electrons. The third-order valence-electron chi connectivity index (χ3n) is 2.59. The highest BCUT2D eigenvalue weighted by atomic mass is 32.2. The molecule has 0 N–H and O–H groups in total. The minimum absolute atomic E-state index is 0.174. The number of hydrogen-bond acceptors (Lipinski definition) is 3. The van der Waals surface area contributed by atoms with Crippen LogP contribution in [-0.2, 0) is 9.53 Å². The zero-order valence-electron chi connectivity index (χ0n) is 7.17. The fraction of sp³-hybridized carbons (Fsp3) is 0.889. The number of ether oxygens (including phenoxy) is 1. The fourth-order valence-corrected chi connectivity index (χ4v) is 3.44. The molecule has 2 saturated heterocycles. The topological polar surface area (TPSA) is 26.3 Å². The van der Waals surface area contributed by atoms with Gasteiger partial charge in [-0.05, 0) is 12.8 Å². The maximum absolute atomic E-state index is 11.3. The van der Waals surface area contributed by atoms with Gasteiger partial charge in [-0.2, -0.15) is 11.8 Å². The Hall–Kier alpha value is -0.0200. The molecule has 12 heavy (non-hydrogen) atoms. The van der Waals surface area contributed by atoms with Crippen LogP contribution in [0.15, 0.2) is 0 Å². The standard InChI is InChI=1S/C9H14O2S/c10-8-2-5-12-9(6-8)3-1-4-11-7-9/h1-7H2. The van der Waals surface area contributed by atoms with Crippen LogP contribution in [-0.4, -0.2) is 29.5 Å². The number of hydrogen-bond donors (Lipinski definition) is 0. The van der Waals surface area contributed by atoms with Crippen LogP contribution < -0.4 is 0 Å². The van der Waals surface area contributed by atoms with Crippen molar-refractivity contribution in [2.75, 3.05) is 19.0 Å². The Kier molecular flexibility index (Phi) is 2.42. The SMILES string of the molecule is O=C1CCSC2(CCCOC2)C1. The predicted octanol–water partition coefficient (Wildman–Crippen LogP) is 1.63. The molecule has 2 rings (SSSR count). The van der Waals surface area contributed by atoms with Crippen molar-refractivity contribution in [2.45, 2.75) is 30.4 Å². The number of carbonyl (C=O) groups excluding carboxylic acids is 1. The molecule has 3 heteroatoms. The Morgan fingerprint density at radius 1 is 1.50 bits per heavy atom. The molecule has 0 aromatic heterocycles. The van der Waals surface area contributed by atoms with Crippen LogP contribution in [0.1, 0.15) is 25.7 Å². The van der Waals surface area contributed by atoms with E-state index in [1.54, 1.807) is 0 Å². The Labute approximate surface area is 77.0 Å². The second-order valence-corrected chi connectivity index (χ2v) is 5.22. The first-order valence-corrected chi connectivity index (χ1v) is 5.53. The Bertz CT molecular complexity index is 179. The summed E-state index contributed by atoms with van der Waals surface area (Å²) in [6.45, 7) is 1.68. The van der Waals surface area contributed by atoms with Crippen LogP contribution in [0.5, 0.6) is 0 Å². The minimum atomic E-state index is 0.174. The van der Waals surface area contributed by atoms with Crippen molar-refractivity contribution in [3.05, 3.63) is 0 Å². The van der Waals surface area contributed by atoms with Gasteiger partial charge in [0.2, 0.25) is 0 Å². The Morgan fingerprint density at radius 2 is 2.42 bits per heavy atom. The highest BCUT2D eigenvalue weighted by Crippen LogP contribution is 2.40. The van der Waals surface area contributed by atoms with Gasteiger partial charge >= 0.3 is 0 Å². The lowest BCUT2D eigenvalue weighted by Gasteiger charge is -2.38. The maximum Gasteiger partial charge on any atom is 0.135 e. The zero-order valence-corrected chi connectivity index (χ0v) is 7.99. The van der Waals surface area contributed by atoms with Crippen molar-refractivity contribution in [1.29, 1.82) is 0 Å². The molecule has 2 aliphatic heterocycles. The number of thioether (sulfide) groups is 1. The van der Waals surface area contributed by atoms with E-state index in [9.17, 15) is 4.79 Å². The van der Waals surface area contributed by atoms with Crippen molar-refractivity contribution < 1.29 is 9.53 Å². The molecule has 1 atom stereocenters. The number of Topliss-reactive ketones (excluding diaryl/α,β-unsaturated/α-hetero) is 1. The van der Waals surface area contributed by atoms with E-state index < -0.39 is 0 Å². The van der Waals surface area contributed by atoms with Gasteiger partial charge in [0, 0.05) is 29.9 Å². The molecule has 0 bridgehead atoms. The first-order chi connectivity index (χ1) is 5.81. The summed E-state index contributed by atoms with van der Waals surface area (Å²) in [5, 5.41) is 0. The van der Waals surface area contributed by atoms with E-state index in [0.29, 0.717) is 5.78 Å². The second kappa shape index (κ2) is 3.38. The lowest BCUT2D eigenvalue weighted by Crippen LogP contribution is -2.40. The van der Waals surface area contributed by atoms with Crippen molar-refractivity contribution in [3.63, 3.8) is 0 Å². The van der Waals surface area contributed by atoms with Crippen molar-refractivity contribution in [1.82, 2.24) is 0 Å². The number of carbonyl (C=O) groups is 1. The molecule has 1 spiro atoms. The van der Waals surface area contributed by atoms with Crippen molar-refractivity contribution in [3.8, 4) is 0 Å². The summed E-state index contributed by atoms with van der Waals surface area (Å²) < 4.78 is 5.61. The third kappa shape index (κ3) is 1.67. The first kappa shape index (κ1) is 8.57. The summed E-state index contributed by atoms with van der Waals surface area (Å²) in [6, 6.07) is 0. The van der Waals surface area contributed by atoms with E-state index >= 15 is 0 Å². The smallest absolute Gasteiger partial charge is 0.135 e. The van der Waals surface area contributed by atoms with Gasteiger partial charge in [0.1, 0.15) is 5.78 Å². The van der Waals surface area contributed by atoms with Crippen molar-refractivity contribution >= 4 is 17.5 Å². The molecular weight excluding hydrogens is 172 g/mol. The molecule has 2 fully saturated rings. The summed E-state index contributed by atoms with van der Waals surface area (Å²) in [5.41, 5.74) is 0. The molecular formula is C9H14O2S. The van der Waals surface area contributed by atoms with E-state index in [-0.39, 0.29) is 4.75 Å². The molecule has 0 amide bonds. The van der Waals surface area contributed by atoms with Crippen LogP contribution in [0, 0.1) is 0 Å². The van der Waals surface area contributed by atoms with Gasteiger partial charge in [-0.15, -0.1) is 0 Å². The summed E-state index contributed by atoms with van der Waals surface area (Å²) in [4.78, 5) is 11.3. The van der Waals surface area contributed by atoms with Gasteiger partial charge in [-0.25, -0.2) is 0 Å². The molecule has 0 aliphatic carbocycles. The largest absolute Gasteiger partial charge is 0.380 e. The van der Waals surface area contributed by atoms with E-state index in [1.165, 1.54) is 6.42 Å². The quantitative estimate of drug-likeness (QED) is 0.575. The lowest BCUT2D eigenvalue weighted by atomic mass is 9.94. The van der Waals surface area contributed by atoms with Crippen LogP contribution in [0.3, 0.4) is 0 Å². The van der Waals surface area contributed by atoms with Gasteiger partial charge in [0.15, 0.2) is 0 Å². The van der Waals surface area contributed by atoms with Crippen LogP contribution in [0.4, 0.5) is 0 Å².